The second-order valence-electron chi connectivity index (χ2n) is 5.35. The van der Waals surface area contributed by atoms with Crippen LogP contribution < -0.4 is 5.73 Å². The number of para-hydroxylation sites is 1. The average Bonchev–Trinajstić information content (AvgIpc) is 2.88. The fourth-order valence-electron chi connectivity index (χ4n) is 2.48. The van der Waals surface area contributed by atoms with E-state index < -0.39 is 0 Å². The van der Waals surface area contributed by atoms with Gasteiger partial charge in [-0.3, -0.25) is 0 Å². The van der Waals surface area contributed by atoms with Crippen LogP contribution in [0, 0.1) is 13.8 Å². The van der Waals surface area contributed by atoms with E-state index in [0.717, 1.165) is 52.2 Å². The molecule has 0 spiro atoms. The van der Waals surface area contributed by atoms with Crippen molar-refractivity contribution in [1.82, 2.24) is 9.97 Å². The summed E-state index contributed by atoms with van der Waals surface area (Å²) >= 11 is 0. The van der Waals surface area contributed by atoms with Crippen molar-refractivity contribution >= 4 is 16.8 Å². The maximum Gasteiger partial charge on any atom is 0.154 e. The van der Waals surface area contributed by atoms with Crippen molar-refractivity contribution in [1.29, 1.82) is 0 Å². The fraction of sp³-hybridized carbons (Fsp3) is 0.294. The molecule has 0 fully saturated rings. The van der Waals surface area contributed by atoms with Gasteiger partial charge in [-0.25, -0.2) is 9.97 Å². The Balaban J connectivity index is 2.19. The smallest absolute Gasteiger partial charge is 0.154 e. The lowest BCUT2D eigenvalue weighted by Crippen LogP contribution is -2.04. The Labute approximate surface area is 124 Å². The first-order valence-electron chi connectivity index (χ1n) is 7.22. The van der Waals surface area contributed by atoms with E-state index in [1.807, 2.05) is 38.1 Å². The third kappa shape index (κ3) is 2.37. The lowest BCUT2D eigenvalue weighted by atomic mass is 10.1. The minimum absolute atomic E-state index is 0.528. The summed E-state index contributed by atoms with van der Waals surface area (Å²) in [6.07, 6.45) is 1.80. The number of aryl methyl sites for hydroxylation is 2. The Morgan fingerprint density at radius 2 is 2.00 bits per heavy atom. The molecule has 2 heterocycles. The minimum atomic E-state index is 0.528. The number of benzene rings is 1. The molecular formula is C17H19N3O. The molecule has 0 bridgehead atoms. The zero-order valence-corrected chi connectivity index (χ0v) is 12.6. The van der Waals surface area contributed by atoms with Gasteiger partial charge in [0.15, 0.2) is 5.76 Å². The van der Waals surface area contributed by atoms with E-state index in [9.17, 15) is 0 Å². The highest BCUT2D eigenvalue weighted by atomic mass is 16.3. The Hall–Kier alpha value is -2.36. The first kappa shape index (κ1) is 13.6. The highest BCUT2D eigenvalue weighted by Crippen LogP contribution is 2.31. The van der Waals surface area contributed by atoms with Gasteiger partial charge in [-0.1, -0.05) is 25.1 Å². The second kappa shape index (κ2) is 5.20. The zero-order chi connectivity index (χ0) is 15.0. The van der Waals surface area contributed by atoms with E-state index in [1.54, 1.807) is 0 Å². The largest absolute Gasteiger partial charge is 0.454 e. The van der Waals surface area contributed by atoms with E-state index in [0.29, 0.717) is 5.82 Å². The van der Waals surface area contributed by atoms with E-state index >= 15 is 0 Å². The topological polar surface area (TPSA) is 64.9 Å². The fourth-order valence-corrected chi connectivity index (χ4v) is 2.48. The van der Waals surface area contributed by atoms with Crippen molar-refractivity contribution in [2.75, 3.05) is 5.73 Å². The summed E-state index contributed by atoms with van der Waals surface area (Å²) in [7, 11) is 0. The summed E-state index contributed by atoms with van der Waals surface area (Å²) in [5.74, 6) is 2.05. The van der Waals surface area contributed by atoms with E-state index in [-0.39, 0.29) is 0 Å². The van der Waals surface area contributed by atoms with E-state index in [2.05, 4.69) is 16.9 Å². The monoisotopic (exact) mass is 281 g/mol. The average molecular weight is 281 g/mol. The number of nitrogens with zero attached hydrogens (tertiary/aromatic N) is 2. The molecule has 0 aliphatic rings. The van der Waals surface area contributed by atoms with Crippen LogP contribution in [0.5, 0.6) is 0 Å². The van der Waals surface area contributed by atoms with Gasteiger partial charge < -0.3 is 10.2 Å². The third-order valence-corrected chi connectivity index (χ3v) is 3.68. The van der Waals surface area contributed by atoms with Gasteiger partial charge in [0.05, 0.1) is 0 Å². The molecular weight excluding hydrogens is 262 g/mol. The molecule has 2 N–H and O–H groups in total. The SMILES string of the molecule is CCCc1nc(N)c(C)c(-c2cc3cccc(C)c3o2)n1. The number of nitrogen functional groups attached to an aromatic ring is 1. The van der Waals surface area contributed by atoms with Crippen molar-refractivity contribution in [2.45, 2.75) is 33.6 Å². The van der Waals surface area contributed by atoms with Gasteiger partial charge in [-0.2, -0.15) is 0 Å². The van der Waals surface area contributed by atoms with Gasteiger partial charge in [0.2, 0.25) is 0 Å². The Kier molecular flexibility index (Phi) is 3.37. The molecule has 0 amide bonds. The number of nitrogens with two attached hydrogens (primary N) is 1. The van der Waals surface area contributed by atoms with Crippen LogP contribution in [0.2, 0.25) is 0 Å². The van der Waals surface area contributed by atoms with Crippen LogP contribution >= 0.6 is 0 Å². The van der Waals surface area contributed by atoms with Crippen LogP contribution in [-0.2, 0) is 6.42 Å². The molecule has 2 aromatic heterocycles. The normalized spacial score (nSPS) is 11.2. The molecule has 0 atom stereocenters. The third-order valence-electron chi connectivity index (χ3n) is 3.68. The van der Waals surface area contributed by atoms with Gasteiger partial charge in [0, 0.05) is 17.4 Å². The minimum Gasteiger partial charge on any atom is -0.454 e. The van der Waals surface area contributed by atoms with Gasteiger partial charge in [-0.15, -0.1) is 0 Å². The molecule has 0 saturated heterocycles. The first-order chi connectivity index (χ1) is 10.1. The molecule has 1 aromatic carbocycles. The first-order valence-corrected chi connectivity index (χ1v) is 7.22. The quantitative estimate of drug-likeness (QED) is 0.786. The summed E-state index contributed by atoms with van der Waals surface area (Å²) in [5, 5.41) is 1.08. The molecule has 0 saturated carbocycles. The summed E-state index contributed by atoms with van der Waals surface area (Å²) in [6, 6.07) is 8.13. The zero-order valence-electron chi connectivity index (χ0n) is 12.6. The Morgan fingerprint density at radius 3 is 2.71 bits per heavy atom. The molecule has 0 unspecified atom stereocenters. The standard InChI is InChI=1S/C17H19N3O/c1-4-6-14-19-15(11(3)17(18)20-14)13-9-12-8-5-7-10(2)16(12)21-13/h5,7-9H,4,6H2,1-3H3,(H2,18,19,20). The van der Waals surface area contributed by atoms with Gasteiger partial charge >= 0.3 is 0 Å². The molecule has 108 valence electrons. The van der Waals surface area contributed by atoms with Gasteiger partial charge in [0.25, 0.3) is 0 Å². The number of anilines is 1. The summed E-state index contributed by atoms with van der Waals surface area (Å²) in [6.45, 7) is 6.07. The number of hydrogen-bond donors (Lipinski definition) is 1. The highest BCUT2D eigenvalue weighted by Gasteiger charge is 2.15. The van der Waals surface area contributed by atoms with Crippen LogP contribution in [0.25, 0.3) is 22.4 Å². The van der Waals surface area contributed by atoms with Gasteiger partial charge in [0.1, 0.15) is 22.9 Å². The van der Waals surface area contributed by atoms with Crippen molar-refractivity contribution in [3.63, 3.8) is 0 Å². The number of hydrogen-bond acceptors (Lipinski definition) is 4. The molecule has 0 aliphatic heterocycles. The number of rotatable bonds is 3. The second-order valence-corrected chi connectivity index (χ2v) is 5.35. The summed E-state index contributed by atoms with van der Waals surface area (Å²) in [4.78, 5) is 8.98. The molecule has 21 heavy (non-hydrogen) atoms. The predicted molar refractivity (Wildman–Crippen MR) is 85.1 cm³/mol. The maximum absolute atomic E-state index is 6.02. The molecule has 3 rings (SSSR count). The molecule has 3 aromatic rings. The number of furan rings is 1. The van der Waals surface area contributed by atoms with E-state index in [1.165, 1.54) is 0 Å². The van der Waals surface area contributed by atoms with E-state index in [4.69, 9.17) is 10.2 Å². The van der Waals surface area contributed by atoms with Crippen molar-refractivity contribution in [2.24, 2.45) is 0 Å². The van der Waals surface area contributed by atoms with Crippen LogP contribution in [0.15, 0.2) is 28.7 Å². The summed E-state index contributed by atoms with van der Waals surface area (Å²) in [5.41, 5.74) is 9.70. The number of aromatic nitrogens is 2. The molecule has 4 heteroatoms. The summed E-state index contributed by atoms with van der Waals surface area (Å²) < 4.78 is 6.01. The van der Waals surface area contributed by atoms with Crippen LogP contribution in [0.3, 0.4) is 0 Å². The van der Waals surface area contributed by atoms with Crippen LogP contribution in [0.4, 0.5) is 5.82 Å². The van der Waals surface area contributed by atoms with Crippen molar-refractivity contribution < 1.29 is 4.42 Å². The Morgan fingerprint density at radius 1 is 1.19 bits per heavy atom. The highest BCUT2D eigenvalue weighted by molar-refractivity contribution is 5.85. The molecule has 0 aliphatic carbocycles. The van der Waals surface area contributed by atoms with Crippen LogP contribution in [0.1, 0.15) is 30.3 Å². The lowest BCUT2D eigenvalue weighted by Gasteiger charge is -2.07. The maximum atomic E-state index is 6.02. The number of fused-ring (bicyclic) bond motifs is 1. The Bertz CT molecular complexity index is 805. The van der Waals surface area contributed by atoms with Crippen molar-refractivity contribution in [3.8, 4) is 11.5 Å². The van der Waals surface area contributed by atoms with Gasteiger partial charge in [-0.05, 0) is 31.9 Å². The van der Waals surface area contributed by atoms with Crippen molar-refractivity contribution in [3.05, 3.63) is 41.2 Å². The predicted octanol–water partition coefficient (Wildman–Crippen LogP) is 4.04. The lowest BCUT2D eigenvalue weighted by molar-refractivity contribution is 0.624. The van der Waals surface area contributed by atoms with Crippen LogP contribution in [-0.4, -0.2) is 9.97 Å². The molecule has 4 nitrogen and oxygen atoms in total. The molecule has 0 radical (unpaired) electrons.